The van der Waals surface area contributed by atoms with E-state index in [-0.39, 0.29) is 16.2 Å². The van der Waals surface area contributed by atoms with Crippen LogP contribution in [-0.2, 0) is 14.8 Å². The average Bonchev–Trinajstić information content (AvgIpc) is 3.16. The van der Waals surface area contributed by atoms with Gasteiger partial charge in [0.1, 0.15) is 5.75 Å². The predicted molar refractivity (Wildman–Crippen MR) is 115 cm³/mol. The van der Waals surface area contributed by atoms with Crippen LogP contribution in [0.15, 0.2) is 41.3 Å². The Morgan fingerprint density at radius 3 is 2.70 bits per heavy atom. The van der Waals surface area contributed by atoms with Gasteiger partial charge in [0, 0.05) is 18.8 Å². The van der Waals surface area contributed by atoms with Crippen LogP contribution in [0.3, 0.4) is 0 Å². The molecular weight excluding hydrogens is 428 g/mol. The standard InChI is InChI=1S/C19H20N4O5S2/c1-27-16-5-3-13(30(20,25)26)11-14(16)18(24)21-12-2-4-15-17(10-12)29-19(22-15)23-6-8-28-9-7-23/h2-5,10-11H,6-9H2,1H3,(H,21,24)(H2,20,25,26). The minimum atomic E-state index is -3.95. The molecule has 0 radical (unpaired) electrons. The fraction of sp³-hybridized carbons (Fsp3) is 0.263. The fourth-order valence-corrected chi connectivity index (χ4v) is 4.72. The highest BCUT2D eigenvalue weighted by Gasteiger charge is 2.19. The first-order valence-electron chi connectivity index (χ1n) is 9.10. The van der Waals surface area contributed by atoms with Gasteiger partial charge in [0.25, 0.3) is 5.91 Å². The quantitative estimate of drug-likeness (QED) is 0.612. The molecule has 1 aromatic heterocycles. The lowest BCUT2D eigenvalue weighted by Gasteiger charge is -2.25. The Morgan fingerprint density at radius 1 is 1.23 bits per heavy atom. The van der Waals surface area contributed by atoms with E-state index in [0.29, 0.717) is 18.9 Å². The third-order valence-corrected chi connectivity index (χ3v) is 6.65. The molecule has 2 heterocycles. The maximum Gasteiger partial charge on any atom is 0.259 e. The summed E-state index contributed by atoms with van der Waals surface area (Å²) >= 11 is 1.54. The van der Waals surface area contributed by atoms with Crippen molar-refractivity contribution in [2.75, 3.05) is 43.6 Å². The number of amides is 1. The van der Waals surface area contributed by atoms with Crippen LogP contribution < -0.4 is 20.1 Å². The summed E-state index contributed by atoms with van der Waals surface area (Å²) in [6, 6.07) is 9.32. The first kappa shape index (κ1) is 20.5. The molecule has 0 aliphatic carbocycles. The number of aromatic nitrogens is 1. The number of ether oxygens (including phenoxy) is 2. The lowest BCUT2D eigenvalue weighted by Crippen LogP contribution is -2.36. The predicted octanol–water partition coefficient (Wildman–Crippen LogP) is 2.04. The van der Waals surface area contributed by atoms with Gasteiger partial charge in [0.15, 0.2) is 5.13 Å². The van der Waals surface area contributed by atoms with Gasteiger partial charge in [-0.15, -0.1) is 0 Å². The van der Waals surface area contributed by atoms with E-state index in [4.69, 9.17) is 14.6 Å². The van der Waals surface area contributed by atoms with Crippen LogP contribution in [0.1, 0.15) is 10.4 Å². The highest BCUT2D eigenvalue weighted by Crippen LogP contribution is 2.31. The molecule has 2 aromatic carbocycles. The number of morpholine rings is 1. The maximum absolute atomic E-state index is 12.8. The largest absolute Gasteiger partial charge is 0.496 e. The number of nitrogens with two attached hydrogens (primary N) is 1. The van der Waals surface area contributed by atoms with Crippen molar-refractivity contribution in [3.05, 3.63) is 42.0 Å². The van der Waals surface area contributed by atoms with Crippen molar-refractivity contribution < 1.29 is 22.7 Å². The zero-order valence-electron chi connectivity index (χ0n) is 16.1. The van der Waals surface area contributed by atoms with E-state index >= 15 is 0 Å². The van der Waals surface area contributed by atoms with Crippen LogP contribution in [0.25, 0.3) is 10.2 Å². The number of carbonyl (C=O) groups excluding carboxylic acids is 1. The molecule has 1 fully saturated rings. The molecule has 0 bridgehead atoms. The maximum atomic E-state index is 12.8. The molecule has 11 heteroatoms. The number of rotatable bonds is 5. The van der Waals surface area contributed by atoms with Crippen molar-refractivity contribution in [2.45, 2.75) is 4.90 Å². The summed E-state index contributed by atoms with van der Waals surface area (Å²) in [7, 11) is -2.55. The second-order valence-corrected chi connectivity index (χ2v) is 9.21. The summed E-state index contributed by atoms with van der Waals surface area (Å²) in [4.78, 5) is 19.5. The third kappa shape index (κ3) is 4.24. The molecule has 158 valence electrons. The topological polar surface area (TPSA) is 124 Å². The van der Waals surface area contributed by atoms with Gasteiger partial charge in [0.2, 0.25) is 10.0 Å². The van der Waals surface area contributed by atoms with Crippen molar-refractivity contribution in [3.63, 3.8) is 0 Å². The van der Waals surface area contributed by atoms with E-state index in [0.717, 1.165) is 28.4 Å². The average molecular weight is 449 g/mol. The second-order valence-electron chi connectivity index (χ2n) is 6.64. The molecule has 1 aliphatic heterocycles. The van der Waals surface area contributed by atoms with Gasteiger partial charge in [-0.05, 0) is 36.4 Å². The Balaban J connectivity index is 1.60. The van der Waals surface area contributed by atoms with Crippen molar-refractivity contribution in [1.29, 1.82) is 0 Å². The summed E-state index contributed by atoms with van der Waals surface area (Å²) in [6.45, 7) is 2.94. The summed E-state index contributed by atoms with van der Waals surface area (Å²) < 4.78 is 34.8. The molecule has 4 rings (SSSR count). The molecule has 0 atom stereocenters. The Kier molecular flexibility index (Phi) is 5.60. The number of primary sulfonamides is 1. The fourth-order valence-electron chi connectivity index (χ4n) is 3.12. The van der Waals surface area contributed by atoms with E-state index in [9.17, 15) is 13.2 Å². The number of nitrogens with one attached hydrogen (secondary N) is 1. The molecule has 1 amide bonds. The van der Waals surface area contributed by atoms with Gasteiger partial charge < -0.3 is 19.7 Å². The zero-order chi connectivity index (χ0) is 21.3. The van der Waals surface area contributed by atoms with Gasteiger partial charge >= 0.3 is 0 Å². The molecule has 1 aliphatic rings. The molecule has 3 N–H and O–H groups in total. The number of fused-ring (bicyclic) bond motifs is 1. The minimum Gasteiger partial charge on any atom is -0.496 e. The molecule has 0 spiro atoms. The Labute approximate surface area is 177 Å². The molecule has 0 saturated carbocycles. The van der Waals surface area contributed by atoms with E-state index in [2.05, 4.69) is 15.2 Å². The van der Waals surface area contributed by atoms with Crippen LogP contribution in [0, 0.1) is 0 Å². The van der Waals surface area contributed by atoms with Crippen molar-refractivity contribution >= 4 is 48.3 Å². The molecular formula is C19H20N4O5S2. The Morgan fingerprint density at radius 2 is 2.00 bits per heavy atom. The van der Waals surface area contributed by atoms with Crippen LogP contribution >= 0.6 is 11.3 Å². The number of anilines is 2. The highest BCUT2D eigenvalue weighted by molar-refractivity contribution is 7.89. The van der Waals surface area contributed by atoms with Crippen LogP contribution in [0.5, 0.6) is 5.75 Å². The lowest BCUT2D eigenvalue weighted by molar-refractivity contribution is 0.102. The van der Waals surface area contributed by atoms with Crippen LogP contribution in [0.4, 0.5) is 10.8 Å². The number of sulfonamides is 1. The number of hydrogen-bond acceptors (Lipinski definition) is 8. The van der Waals surface area contributed by atoms with Crippen molar-refractivity contribution in [1.82, 2.24) is 4.98 Å². The summed E-state index contributed by atoms with van der Waals surface area (Å²) in [6.07, 6.45) is 0. The lowest BCUT2D eigenvalue weighted by atomic mass is 10.2. The SMILES string of the molecule is COc1ccc(S(N)(=O)=O)cc1C(=O)Nc1ccc2nc(N3CCOCC3)sc2c1. The Bertz CT molecular complexity index is 1200. The summed E-state index contributed by atoms with van der Waals surface area (Å²) in [5, 5.41) is 8.88. The van der Waals surface area contributed by atoms with Crippen molar-refractivity contribution in [3.8, 4) is 5.75 Å². The Hall–Kier alpha value is -2.73. The molecule has 30 heavy (non-hydrogen) atoms. The van der Waals surface area contributed by atoms with Gasteiger partial charge in [-0.1, -0.05) is 11.3 Å². The van der Waals surface area contributed by atoms with Gasteiger partial charge in [-0.2, -0.15) is 0 Å². The number of nitrogens with zero attached hydrogens (tertiary/aromatic N) is 2. The third-order valence-electron chi connectivity index (χ3n) is 4.66. The highest BCUT2D eigenvalue weighted by atomic mass is 32.2. The normalized spacial score (nSPS) is 14.7. The van der Waals surface area contributed by atoms with Gasteiger partial charge in [-0.3, -0.25) is 4.79 Å². The summed E-state index contributed by atoms with van der Waals surface area (Å²) in [5.41, 5.74) is 1.48. The number of hydrogen-bond donors (Lipinski definition) is 2. The molecule has 1 saturated heterocycles. The number of thiazole rings is 1. The van der Waals surface area contributed by atoms with Gasteiger partial charge in [0.05, 0.1) is 41.0 Å². The summed E-state index contributed by atoms with van der Waals surface area (Å²) in [5.74, 6) is -0.261. The van der Waals surface area contributed by atoms with Crippen LogP contribution in [0.2, 0.25) is 0 Å². The van der Waals surface area contributed by atoms with Crippen LogP contribution in [-0.4, -0.2) is 52.7 Å². The van der Waals surface area contributed by atoms with E-state index in [1.807, 2.05) is 12.1 Å². The molecule has 9 nitrogen and oxygen atoms in total. The van der Waals surface area contributed by atoms with Crippen molar-refractivity contribution in [2.24, 2.45) is 5.14 Å². The minimum absolute atomic E-state index is 0.0717. The zero-order valence-corrected chi connectivity index (χ0v) is 17.8. The van der Waals surface area contributed by atoms with E-state index in [1.54, 1.807) is 17.4 Å². The first-order chi connectivity index (χ1) is 14.3. The van der Waals surface area contributed by atoms with Gasteiger partial charge in [-0.25, -0.2) is 18.5 Å². The number of carbonyl (C=O) groups is 1. The van der Waals surface area contributed by atoms with E-state index in [1.165, 1.54) is 25.3 Å². The smallest absolute Gasteiger partial charge is 0.259 e. The first-order valence-corrected chi connectivity index (χ1v) is 11.5. The van der Waals surface area contributed by atoms with E-state index < -0.39 is 15.9 Å². The molecule has 0 unspecified atom stereocenters. The monoisotopic (exact) mass is 448 g/mol. The second kappa shape index (κ2) is 8.19. The number of benzene rings is 2. The molecule has 3 aromatic rings. The number of methoxy groups -OCH3 is 1.